The van der Waals surface area contributed by atoms with E-state index in [9.17, 15) is 10.2 Å². The molecule has 0 radical (unpaired) electrons. The van der Waals surface area contributed by atoms with Crippen LogP contribution < -0.4 is 0 Å². The molecule has 0 heterocycles. The first kappa shape index (κ1) is 60.4. The molecule has 4 aromatic rings. The van der Waals surface area contributed by atoms with Crippen LogP contribution in [0.1, 0.15) is 160 Å². The van der Waals surface area contributed by atoms with Crippen LogP contribution in [0.2, 0.25) is 0 Å². The molecule has 0 atom stereocenters. The van der Waals surface area contributed by atoms with Crippen molar-refractivity contribution in [1.82, 2.24) is 0 Å². The van der Waals surface area contributed by atoms with Gasteiger partial charge in [0.2, 0.25) is 0 Å². The second kappa shape index (κ2) is 43.4. The average molecular weight is 917 g/mol. The maximum atomic E-state index is 10.8. The molecule has 0 spiro atoms. The van der Waals surface area contributed by atoms with Crippen LogP contribution >= 0.6 is 37.2 Å². The van der Waals surface area contributed by atoms with E-state index in [0.29, 0.717) is 12.8 Å². The van der Waals surface area contributed by atoms with Gasteiger partial charge >= 0.3 is 0 Å². The Kier molecular flexibility index (Phi) is 52.4. The minimum atomic E-state index is -0.872. The van der Waals surface area contributed by atoms with Crippen LogP contribution in [0.15, 0.2) is 109 Å². The van der Waals surface area contributed by atoms with Gasteiger partial charge in [-0.15, -0.1) is 0 Å². The van der Waals surface area contributed by atoms with E-state index in [1.54, 1.807) is 0 Å². The number of aliphatic hydroxyl groups is 2. The first-order valence-electron chi connectivity index (χ1n) is 19.4. The molecule has 0 fully saturated rings. The maximum absolute atomic E-state index is 10.8. The second-order valence-corrected chi connectivity index (χ2v) is 8.25. The van der Waals surface area contributed by atoms with E-state index in [1.165, 1.54) is 11.1 Å². The molecule has 50 heavy (non-hydrogen) atoms. The summed E-state index contributed by atoms with van der Waals surface area (Å²) < 4.78 is 0. The van der Waals surface area contributed by atoms with Crippen LogP contribution in [0.3, 0.4) is 0 Å². The fraction of sp³-hybridized carbons (Fsp3) is 0.478. The van der Waals surface area contributed by atoms with Crippen LogP contribution in [0.25, 0.3) is 11.1 Å². The van der Waals surface area contributed by atoms with Crippen molar-refractivity contribution in [1.29, 1.82) is 0 Å². The molecular formula is C46H78I2O2. The lowest BCUT2D eigenvalue weighted by atomic mass is 9.84. The SMILES string of the molecule is CC.CC.CC.CC.CC.CC.CC.CC.CCC(O)(c1ccccc1)c1ccccc1.CCC1(O)c2ccccc2-c2ccccc21.II. The molecule has 2 nitrogen and oxygen atoms in total. The molecule has 5 rings (SSSR count). The third-order valence-electron chi connectivity index (χ3n) is 6.56. The molecule has 288 valence electrons. The lowest BCUT2D eigenvalue weighted by Crippen LogP contribution is -2.25. The lowest BCUT2D eigenvalue weighted by Gasteiger charge is -2.28. The molecule has 0 aromatic heterocycles. The largest absolute Gasteiger partial charge is 0.380 e. The number of rotatable bonds is 4. The normalized spacial score (nSPS) is 9.72. The average Bonchev–Trinajstić information content (AvgIpc) is 3.53. The van der Waals surface area contributed by atoms with E-state index in [0.717, 1.165) is 22.3 Å². The van der Waals surface area contributed by atoms with Crippen molar-refractivity contribution in [3.63, 3.8) is 0 Å². The van der Waals surface area contributed by atoms with Crippen molar-refractivity contribution in [3.8, 4) is 11.1 Å². The van der Waals surface area contributed by atoms with Gasteiger partial charge in [-0.25, -0.2) is 0 Å². The highest BCUT2D eigenvalue weighted by Gasteiger charge is 2.39. The summed E-state index contributed by atoms with van der Waals surface area (Å²) in [7, 11) is 0. The Balaban J connectivity index is -0.000000134. The van der Waals surface area contributed by atoms with Crippen LogP contribution in [-0.4, -0.2) is 10.2 Å². The van der Waals surface area contributed by atoms with Gasteiger partial charge in [0.15, 0.2) is 0 Å². The highest BCUT2D eigenvalue weighted by atomic mass is 128. The van der Waals surface area contributed by atoms with Crippen molar-refractivity contribution in [2.45, 2.75) is 149 Å². The van der Waals surface area contributed by atoms with E-state index in [-0.39, 0.29) is 0 Å². The zero-order valence-electron chi connectivity index (χ0n) is 35.5. The van der Waals surface area contributed by atoms with Gasteiger partial charge in [0.1, 0.15) is 11.2 Å². The standard InChI is InChI=1S/C15H14O.C15H16O.8C2H6.I2/c1-2-15(16)13-9-5-3-7-11(13)12-8-4-6-10-14(12)15;1-2-15(16,13-9-5-3-6-10-13)14-11-7-4-8-12-14;9*1-2/h3-10,16H,2H2,1H3;3-12,16H,2H2,1H3;8*1-2H3;. The number of benzene rings is 4. The van der Waals surface area contributed by atoms with Crippen molar-refractivity contribution in [2.24, 2.45) is 0 Å². The summed E-state index contributed by atoms with van der Waals surface area (Å²) in [6, 6.07) is 35.9. The Morgan fingerprint density at radius 1 is 0.440 bits per heavy atom. The smallest absolute Gasteiger partial charge is 0.116 e. The predicted molar refractivity (Wildman–Crippen MR) is 250 cm³/mol. The summed E-state index contributed by atoms with van der Waals surface area (Å²) in [5.74, 6) is 0. The number of hydrogen-bond acceptors (Lipinski definition) is 2. The van der Waals surface area contributed by atoms with Crippen molar-refractivity contribution < 1.29 is 10.2 Å². The summed E-state index contributed by atoms with van der Waals surface area (Å²) >= 11 is 4.24. The predicted octanol–water partition coefficient (Wildman–Crippen LogP) is 16.6. The Morgan fingerprint density at radius 2 is 0.680 bits per heavy atom. The molecule has 0 aliphatic heterocycles. The Bertz CT molecular complexity index is 1090. The molecule has 0 bridgehead atoms. The Labute approximate surface area is 336 Å². The van der Waals surface area contributed by atoms with E-state index in [4.69, 9.17) is 0 Å². The highest BCUT2D eigenvalue weighted by molar-refractivity contribution is 15.0. The topological polar surface area (TPSA) is 40.5 Å². The van der Waals surface area contributed by atoms with Crippen molar-refractivity contribution in [2.75, 3.05) is 0 Å². The number of hydrogen-bond donors (Lipinski definition) is 2. The van der Waals surface area contributed by atoms with Crippen LogP contribution in [-0.2, 0) is 11.2 Å². The highest BCUT2D eigenvalue weighted by Crippen LogP contribution is 2.48. The second-order valence-electron chi connectivity index (χ2n) is 8.25. The number of fused-ring (bicyclic) bond motifs is 3. The van der Waals surface area contributed by atoms with E-state index in [2.05, 4.69) is 49.4 Å². The summed E-state index contributed by atoms with van der Waals surface area (Å²) in [6.45, 7) is 36.0. The van der Waals surface area contributed by atoms with E-state index in [1.807, 2.05) is 222 Å². The van der Waals surface area contributed by atoms with Crippen molar-refractivity contribution in [3.05, 3.63) is 131 Å². The molecule has 1 aliphatic rings. The fourth-order valence-electron chi connectivity index (χ4n) is 4.69. The minimum absolute atomic E-state index is 0.668. The third kappa shape index (κ3) is 19.2. The lowest BCUT2D eigenvalue weighted by molar-refractivity contribution is 0.0765. The third-order valence-corrected chi connectivity index (χ3v) is 6.56. The molecule has 2 N–H and O–H groups in total. The number of halogens is 2. The van der Waals surface area contributed by atoms with Gasteiger partial charge in [0.25, 0.3) is 0 Å². The van der Waals surface area contributed by atoms with E-state index >= 15 is 0 Å². The zero-order chi connectivity index (χ0) is 40.6. The Morgan fingerprint density at radius 3 is 0.920 bits per heavy atom. The molecule has 0 saturated carbocycles. The molecule has 4 heteroatoms. The summed E-state index contributed by atoms with van der Waals surface area (Å²) in [5.41, 5.74) is 4.64. The fourth-order valence-corrected chi connectivity index (χ4v) is 4.69. The maximum Gasteiger partial charge on any atom is 0.116 e. The van der Waals surface area contributed by atoms with Crippen LogP contribution in [0.5, 0.6) is 0 Å². The summed E-state index contributed by atoms with van der Waals surface area (Å²) in [4.78, 5) is 0. The quantitative estimate of drug-likeness (QED) is 0.200. The molecule has 0 unspecified atom stereocenters. The molecule has 4 aromatic carbocycles. The van der Waals surface area contributed by atoms with Gasteiger partial charge in [0, 0.05) is 37.2 Å². The summed E-state index contributed by atoms with van der Waals surface area (Å²) in [6.07, 6.45) is 1.38. The molecule has 0 saturated heterocycles. The van der Waals surface area contributed by atoms with Gasteiger partial charge in [-0.05, 0) is 46.2 Å². The zero-order valence-corrected chi connectivity index (χ0v) is 39.8. The van der Waals surface area contributed by atoms with Gasteiger partial charge in [-0.2, -0.15) is 0 Å². The minimum Gasteiger partial charge on any atom is -0.380 e. The van der Waals surface area contributed by atoms with Crippen molar-refractivity contribution >= 4 is 37.2 Å². The first-order valence-corrected chi connectivity index (χ1v) is 25.7. The monoisotopic (exact) mass is 916 g/mol. The van der Waals surface area contributed by atoms with Crippen LogP contribution in [0, 0.1) is 0 Å². The molecule has 0 amide bonds. The molecule has 1 aliphatic carbocycles. The summed E-state index contributed by atoms with van der Waals surface area (Å²) in [5, 5.41) is 21.6. The van der Waals surface area contributed by atoms with E-state index < -0.39 is 11.2 Å². The first-order chi connectivity index (χ1) is 24.5. The van der Waals surface area contributed by atoms with Crippen LogP contribution in [0.4, 0.5) is 0 Å². The van der Waals surface area contributed by atoms with Gasteiger partial charge in [0.05, 0.1) is 0 Å². The Hall–Kier alpha value is -1.74. The van der Waals surface area contributed by atoms with Gasteiger partial charge < -0.3 is 10.2 Å². The van der Waals surface area contributed by atoms with Gasteiger partial charge in [-0.1, -0.05) is 234 Å². The van der Waals surface area contributed by atoms with Gasteiger partial charge in [-0.3, -0.25) is 0 Å². The molecular weight excluding hydrogens is 838 g/mol.